The lowest BCUT2D eigenvalue weighted by molar-refractivity contribution is -0.148. The van der Waals surface area contributed by atoms with Crippen molar-refractivity contribution in [2.45, 2.75) is 63.2 Å². The predicted molar refractivity (Wildman–Crippen MR) is 144 cm³/mol. The minimum absolute atomic E-state index is 0.0826. The lowest BCUT2D eigenvalue weighted by Crippen LogP contribution is -2.27. The molecule has 4 aromatic rings. The molecule has 4 unspecified atom stereocenters. The summed E-state index contributed by atoms with van der Waals surface area (Å²) in [5.74, 6) is 0.0221. The van der Waals surface area contributed by atoms with Crippen LogP contribution < -0.4 is 0 Å². The lowest BCUT2D eigenvalue weighted by atomic mass is 9.72. The van der Waals surface area contributed by atoms with Gasteiger partial charge in [-0.1, -0.05) is 74.2 Å². The fraction of sp³-hybridized carbons (Fsp3) is 0.438. The molecule has 36 heavy (non-hydrogen) atoms. The van der Waals surface area contributed by atoms with Crippen molar-refractivity contribution < 1.29 is 19.1 Å². The summed E-state index contributed by atoms with van der Waals surface area (Å²) in [6.07, 6.45) is 8.24. The number of methoxy groups -OCH3 is 2. The second-order valence-electron chi connectivity index (χ2n) is 10.8. The molecule has 4 atom stereocenters. The fourth-order valence-corrected chi connectivity index (χ4v) is 7.37. The third kappa shape index (κ3) is 3.65. The maximum Gasteiger partial charge on any atom is 0.309 e. The van der Waals surface area contributed by atoms with Gasteiger partial charge in [-0.25, -0.2) is 0 Å². The highest BCUT2D eigenvalue weighted by Gasteiger charge is 2.35. The molecule has 2 saturated carbocycles. The Balaban J connectivity index is 1.55. The zero-order valence-corrected chi connectivity index (χ0v) is 21.2. The first-order valence-electron chi connectivity index (χ1n) is 13.5. The number of carbonyl (C=O) groups excluding carboxylic acids is 2. The van der Waals surface area contributed by atoms with Gasteiger partial charge in [-0.05, 0) is 81.0 Å². The molecule has 6 rings (SSSR count). The summed E-state index contributed by atoms with van der Waals surface area (Å²) in [6, 6.07) is 17.9. The molecule has 186 valence electrons. The first kappa shape index (κ1) is 23.3. The van der Waals surface area contributed by atoms with E-state index in [1.165, 1.54) is 57.7 Å². The molecule has 0 saturated heterocycles. The maximum absolute atomic E-state index is 12.7. The van der Waals surface area contributed by atoms with E-state index in [2.05, 4.69) is 48.5 Å². The number of ether oxygens (including phenoxy) is 2. The molecule has 0 aliphatic heterocycles. The molecule has 2 aliphatic carbocycles. The van der Waals surface area contributed by atoms with Gasteiger partial charge in [0, 0.05) is 0 Å². The number of rotatable bonds is 4. The molecule has 0 aromatic heterocycles. The zero-order valence-electron chi connectivity index (χ0n) is 21.2. The second kappa shape index (κ2) is 9.38. The Morgan fingerprint density at radius 1 is 0.583 bits per heavy atom. The van der Waals surface area contributed by atoms with Gasteiger partial charge in [0.05, 0.1) is 26.1 Å². The van der Waals surface area contributed by atoms with Crippen LogP contribution in [0.5, 0.6) is 0 Å². The van der Waals surface area contributed by atoms with Crippen molar-refractivity contribution in [3.8, 4) is 0 Å². The summed E-state index contributed by atoms with van der Waals surface area (Å²) < 4.78 is 10.4. The summed E-state index contributed by atoms with van der Waals surface area (Å²) in [6.45, 7) is 0. The minimum Gasteiger partial charge on any atom is -0.469 e. The molecule has 4 nitrogen and oxygen atoms in total. The second-order valence-corrected chi connectivity index (χ2v) is 10.8. The average Bonchev–Trinajstić information content (AvgIpc) is 2.94. The Hall–Kier alpha value is -3.14. The van der Waals surface area contributed by atoms with Crippen LogP contribution in [0.3, 0.4) is 0 Å². The topological polar surface area (TPSA) is 52.6 Å². The Kier molecular flexibility index (Phi) is 6.07. The quantitative estimate of drug-likeness (QED) is 0.223. The molecule has 4 aromatic carbocycles. The molecule has 4 heteroatoms. The van der Waals surface area contributed by atoms with Crippen molar-refractivity contribution in [3.05, 3.63) is 59.7 Å². The van der Waals surface area contributed by atoms with E-state index in [1.54, 1.807) is 0 Å². The smallest absolute Gasteiger partial charge is 0.309 e. The molecule has 2 aliphatic rings. The van der Waals surface area contributed by atoms with Crippen molar-refractivity contribution >= 4 is 44.3 Å². The van der Waals surface area contributed by atoms with Crippen LogP contribution in [0.25, 0.3) is 32.3 Å². The number of benzene rings is 4. The van der Waals surface area contributed by atoms with E-state index in [9.17, 15) is 9.59 Å². The Bertz CT molecular complexity index is 1330. The van der Waals surface area contributed by atoms with Gasteiger partial charge in [0.25, 0.3) is 0 Å². The van der Waals surface area contributed by atoms with Gasteiger partial charge in [-0.15, -0.1) is 0 Å². The van der Waals surface area contributed by atoms with E-state index in [1.807, 2.05) is 0 Å². The van der Waals surface area contributed by atoms with Gasteiger partial charge in [0.15, 0.2) is 0 Å². The van der Waals surface area contributed by atoms with Gasteiger partial charge in [0.1, 0.15) is 0 Å². The van der Waals surface area contributed by atoms with Gasteiger partial charge in [0.2, 0.25) is 0 Å². The molecule has 0 spiro atoms. The van der Waals surface area contributed by atoms with Gasteiger partial charge in [-0.3, -0.25) is 9.59 Å². The first-order chi connectivity index (χ1) is 17.6. The minimum atomic E-state index is -0.0844. The molecule has 0 bridgehead atoms. The zero-order chi connectivity index (χ0) is 24.8. The third-order valence-electron chi connectivity index (χ3n) is 9.07. The summed E-state index contributed by atoms with van der Waals surface area (Å²) in [4.78, 5) is 25.4. The van der Waals surface area contributed by atoms with Crippen molar-refractivity contribution in [1.29, 1.82) is 0 Å². The first-order valence-corrected chi connectivity index (χ1v) is 13.5. The van der Waals surface area contributed by atoms with Crippen molar-refractivity contribution in [2.75, 3.05) is 14.2 Å². The molecule has 0 heterocycles. The number of esters is 2. The molecular formula is C32H34O4. The third-order valence-corrected chi connectivity index (χ3v) is 9.07. The number of carbonyl (C=O) groups is 2. The molecule has 0 amide bonds. The Morgan fingerprint density at radius 2 is 0.972 bits per heavy atom. The summed E-state index contributed by atoms with van der Waals surface area (Å²) in [5.41, 5.74) is 2.53. The van der Waals surface area contributed by atoms with Crippen LogP contribution >= 0.6 is 0 Å². The van der Waals surface area contributed by atoms with Crippen molar-refractivity contribution in [1.82, 2.24) is 0 Å². The van der Waals surface area contributed by atoms with Crippen LogP contribution in [0.1, 0.15) is 74.3 Å². The average molecular weight is 483 g/mol. The van der Waals surface area contributed by atoms with E-state index in [-0.39, 0.29) is 35.6 Å². The number of hydrogen-bond donors (Lipinski definition) is 0. The predicted octanol–water partition coefficient (Wildman–Crippen LogP) is 7.48. The van der Waals surface area contributed by atoms with Gasteiger partial charge >= 0.3 is 11.9 Å². The lowest BCUT2D eigenvalue weighted by Gasteiger charge is -2.32. The van der Waals surface area contributed by atoms with Crippen LogP contribution in [0.15, 0.2) is 48.5 Å². The largest absolute Gasteiger partial charge is 0.469 e. The van der Waals surface area contributed by atoms with E-state index in [0.29, 0.717) is 0 Å². The molecule has 2 fully saturated rings. The summed E-state index contributed by atoms with van der Waals surface area (Å²) >= 11 is 0. The SMILES string of the molecule is COC(=O)C1CCCCC1c1ccc2ccc3c(C4CCCCC4C(=O)OC)ccc4ccc1c2c43. The van der Waals surface area contributed by atoms with Gasteiger partial charge < -0.3 is 9.47 Å². The van der Waals surface area contributed by atoms with Crippen LogP contribution in [0.2, 0.25) is 0 Å². The molecule has 0 radical (unpaired) electrons. The van der Waals surface area contributed by atoms with Gasteiger partial charge in [-0.2, -0.15) is 0 Å². The normalized spacial score (nSPS) is 24.8. The Labute approximate surface area is 212 Å². The summed E-state index contributed by atoms with van der Waals surface area (Å²) in [5, 5.41) is 7.51. The van der Waals surface area contributed by atoms with Crippen LogP contribution in [0, 0.1) is 11.8 Å². The van der Waals surface area contributed by atoms with E-state index in [4.69, 9.17) is 9.47 Å². The highest BCUT2D eigenvalue weighted by atomic mass is 16.5. The number of hydrogen-bond acceptors (Lipinski definition) is 4. The molecule has 0 N–H and O–H groups in total. The highest BCUT2D eigenvalue weighted by Crippen LogP contribution is 2.47. The van der Waals surface area contributed by atoms with Crippen molar-refractivity contribution in [3.63, 3.8) is 0 Å². The highest BCUT2D eigenvalue weighted by molar-refractivity contribution is 6.24. The maximum atomic E-state index is 12.7. The summed E-state index contributed by atoms with van der Waals surface area (Å²) in [7, 11) is 3.01. The van der Waals surface area contributed by atoms with E-state index >= 15 is 0 Å². The van der Waals surface area contributed by atoms with Crippen LogP contribution in [-0.2, 0) is 19.1 Å². The monoisotopic (exact) mass is 482 g/mol. The fourth-order valence-electron chi connectivity index (χ4n) is 7.37. The molecular weight excluding hydrogens is 448 g/mol. The van der Waals surface area contributed by atoms with Crippen LogP contribution in [-0.4, -0.2) is 26.2 Å². The van der Waals surface area contributed by atoms with E-state index < -0.39 is 0 Å². The van der Waals surface area contributed by atoms with Crippen LogP contribution in [0.4, 0.5) is 0 Å². The standard InChI is InChI=1S/C32H34O4/c1-35-31(33)27-9-5-3-7-21(27)23-15-11-19-14-18-26-24(22-8-4-6-10-28(22)32(34)36-2)16-12-20-13-17-25(23)29(19)30(20)26/h11-18,21-22,27-28H,3-10H2,1-2H3. The van der Waals surface area contributed by atoms with E-state index in [0.717, 1.165) is 51.4 Å². The Morgan fingerprint density at radius 3 is 1.39 bits per heavy atom. The van der Waals surface area contributed by atoms with Crippen molar-refractivity contribution in [2.24, 2.45) is 11.8 Å².